The molecule has 0 saturated heterocycles. The van der Waals surface area contributed by atoms with Gasteiger partial charge >= 0.3 is 0 Å². The van der Waals surface area contributed by atoms with Crippen LogP contribution in [-0.2, 0) is 10.0 Å². The summed E-state index contributed by atoms with van der Waals surface area (Å²) in [5.41, 5.74) is 1.82. The lowest BCUT2D eigenvalue weighted by Gasteiger charge is -2.21. The zero-order valence-electron chi connectivity index (χ0n) is 15.7. The summed E-state index contributed by atoms with van der Waals surface area (Å²) in [6, 6.07) is 14.1. The first kappa shape index (κ1) is 19.9. The first-order valence-corrected chi connectivity index (χ1v) is 9.68. The van der Waals surface area contributed by atoms with Crippen LogP contribution in [0.2, 0.25) is 0 Å². The van der Waals surface area contributed by atoms with Crippen LogP contribution in [-0.4, -0.2) is 46.8 Å². The number of carbonyl (C=O) groups is 1. The van der Waals surface area contributed by atoms with Gasteiger partial charge in [-0.25, -0.2) is 12.7 Å². The van der Waals surface area contributed by atoms with Gasteiger partial charge in [0.25, 0.3) is 5.91 Å². The van der Waals surface area contributed by atoms with Gasteiger partial charge in [-0.3, -0.25) is 4.79 Å². The highest BCUT2D eigenvalue weighted by atomic mass is 32.2. The summed E-state index contributed by atoms with van der Waals surface area (Å²) >= 11 is 0. The van der Waals surface area contributed by atoms with Crippen LogP contribution in [0.1, 0.15) is 28.9 Å². The lowest BCUT2D eigenvalue weighted by atomic mass is 10.1. The molecule has 0 spiro atoms. The fraction of sp³-hybridized carbons (Fsp3) is 0.316. The molecular formula is C19H25N3O3S. The van der Waals surface area contributed by atoms with Crippen LogP contribution >= 0.6 is 0 Å². The molecule has 1 atom stereocenters. The van der Waals surface area contributed by atoms with Crippen molar-refractivity contribution in [2.45, 2.75) is 17.9 Å². The monoisotopic (exact) mass is 375 g/mol. The standard InChI is InChI=1S/C19H25N3O3S/c1-14(15-9-7-6-8-10-15)20-19(23)16-11-12-17(21(2)3)18(13-16)26(24,25)22(4)5/h6-14H,1-5H3,(H,20,23). The van der Waals surface area contributed by atoms with Gasteiger partial charge in [-0.2, -0.15) is 0 Å². The van der Waals surface area contributed by atoms with E-state index in [0.717, 1.165) is 9.87 Å². The van der Waals surface area contributed by atoms with Crippen LogP contribution in [0.4, 0.5) is 5.69 Å². The van der Waals surface area contributed by atoms with Crippen LogP contribution < -0.4 is 10.2 Å². The molecular weight excluding hydrogens is 350 g/mol. The number of hydrogen-bond donors (Lipinski definition) is 1. The Morgan fingerprint density at radius 2 is 1.62 bits per heavy atom. The third-order valence-electron chi connectivity index (χ3n) is 4.11. The van der Waals surface area contributed by atoms with E-state index in [1.54, 1.807) is 31.1 Å². The number of carbonyl (C=O) groups excluding carboxylic acids is 1. The van der Waals surface area contributed by atoms with Gasteiger partial charge in [0.15, 0.2) is 0 Å². The van der Waals surface area contributed by atoms with Crippen LogP contribution in [0, 0.1) is 0 Å². The smallest absolute Gasteiger partial charge is 0.251 e. The molecule has 0 bridgehead atoms. The molecule has 0 fully saturated rings. The summed E-state index contributed by atoms with van der Waals surface area (Å²) in [5.74, 6) is -0.318. The summed E-state index contributed by atoms with van der Waals surface area (Å²) < 4.78 is 26.4. The van der Waals surface area contributed by atoms with E-state index in [1.807, 2.05) is 37.3 Å². The average molecular weight is 375 g/mol. The maximum absolute atomic E-state index is 12.6. The Kier molecular flexibility index (Phi) is 6.05. The highest BCUT2D eigenvalue weighted by Gasteiger charge is 2.24. The molecule has 0 aliphatic rings. The highest BCUT2D eigenvalue weighted by molar-refractivity contribution is 7.89. The van der Waals surface area contributed by atoms with Gasteiger partial charge in [0.1, 0.15) is 4.90 Å². The van der Waals surface area contributed by atoms with Crippen molar-refractivity contribution in [3.8, 4) is 0 Å². The zero-order chi connectivity index (χ0) is 19.5. The molecule has 26 heavy (non-hydrogen) atoms. The Labute approximate surface area is 155 Å². The fourth-order valence-corrected chi connectivity index (χ4v) is 3.72. The predicted molar refractivity (Wildman–Crippen MR) is 104 cm³/mol. The third kappa shape index (κ3) is 4.23. The number of sulfonamides is 1. The Hall–Kier alpha value is -2.38. The largest absolute Gasteiger partial charge is 0.377 e. The number of nitrogens with zero attached hydrogens (tertiary/aromatic N) is 2. The lowest BCUT2D eigenvalue weighted by Crippen LogP contribution is -2.28. The van der Waals surface area contributed by atoms with E-state index >= 15 is 0 Å². The maximum atomic E-state index is 12.6. The zero-order valence-corrected chi connectivity index (χ0v) is 16.5. The molecule has 0 aliphatic carbocycles. The van der Waals surface area contributed by atoms with Crippen molar-refractivity contribution in [2.24, 2.45) is 0 Å². The Balaban J connectivity index is 2.37. The molecule has 2 aromatic carbocycles. The van der Waals surface area contributed by atoms with E-state index < -0.39 is 10.0 Å². The molecule has 0 aromatic heterocycles. The van der Waals surface area contributed by atoms with Crippen molar-refractivity contribution < 1.29 is 13.2 Å². The van der Waals surface area contributed by atoms with Crippen LogP contribution in [0.15, 0.2) is 53.4 Å². The molecule has 7 heteroatoms. The molecule has 0 radical (unpaired) electrons. The Bertz CT molecular complexity index is 878. The first-order valence-electron chi connectivity index (χ1n) is 8.24. The van der Waals surface area contributed by atoms with E-state index in [2.05, 4.69) is 5.32 Å². The number of nitrogens with one attached hydrogen (secondary N) is 1. The quantitative estimate of drug-likeness (QED) is 0.842. The third-order valence-corrected chi connectivity index (χ3v) is 5.95. The molecule has 2 rings (SSSR count). The summed E-state index contributed by atoms with van der Waals surface area (Å²) in [4.78, 5) is 14.4. The summed E-state index contributed by atoms with van der Waals surface area (Å²) in [6.45, 7) is 1.89. The molecule has 1 amide bonds. The maximum Gasteiger partial charge on any atom is 0.251 e. The number of benzene rings is 2. The average Bonchev–Trinajstić information content (AvgIpc) is 2.61. The van der Waals surface area contributed by atoms with Crippen LogP contribution in [0.25, 0.3) is 0 Å². The van der Waals surface area contributed by atoms with E-state index in [-0.39, 0.29) is 16.8 Å². The normalized spacial score (nSPS) is 12.7. The van der Waals surface area contributed by atoms with Gasteiger partial charge in [0.05, 0.1) is 11.7 Å². The van der Waals surface area contributed by atoms with Gasteiger partial charge in [0, 0.05) is 33.8 Å². The molecule has 1 N–H and O–H groups in total. The summed E-state index contributed by atoms with van der Waals surface area (Å²) in [6.07, 6.45) is 0. The van der Waals surface area contributed by atoms with Crippen molar-refractivity contribution >= 4 is 21.6 Å². The van der Waals surface area contributed by atoms with Gasteiger partial charge < -0.3 is 10.2 Å². The van der Waals surface area contributed by atoms with Crippen LogP contribution in [0.5, 0.6) is 0 Å². The van der Waals surface area contributed by atoms with E-state index in [1.165, 1.54) is 20.2 Å². The van der Waals surface area contributed by atoms with Gasteiger partial charge in [0.2, 0.25) is 10.0 Å². The molecule has 0 heterocycles. The highest BCUT2D eigenvalue weighted by Crippen LogP contribution is 2.27. The lowest BCUT2D eigenvalue weighted by molar-refractivity contribution is 0.0939. The van der Waals surface area contributed by atoms with Crippen LogP contribution in [0.3, 0.4) is 0 Å². The van der Waals surface area contributed by atoms with Gasteiger partial charge in [-0.1, -0.05) is 30.3 Å². The minimum absolute atomic E-state index is 0.104. The molecule has 2 aromatic rings. The summed E-state index contributed by atoms with van der Waals surface area (Å²) in [5, 5.41) is 2.91. The van der Waals surface area contributed by atoms with Crippen molar-refractivity contribution in [2.75, 3.05) is 33.1 Å². The molecule has 6 nitrogen and oxygen atoms in total. The van der Waals surface area contributed by atoms with Crippen molar-refractivity contribution in [3.05, 3.63) is 59.7 Å². The van der Waals surface area contributed by atoms with E-state index in [0.29, 0.717) is 11.3 Å². The number of rotatable bonds is 6. The van der Waals surface area contributed by atoms with Crippen molar-refractivity contribution in [1.29, 1.82) is 0 Å². The molecule has 0 saturated carbocycles. The first-order chi connectivity index (χ1) is 12.1. The second kappa shape index (κ2) is 7.88. The predicted octanol–water partition coefficient (Wildman–Crippen LogP) is 2.49. The second-order valence-corrected chi connectivity index (χ2v) is 8.59. The van der Waals surface area contributed by atoms with Gasteiger partial charge in [-0.05, 0) is 30.7 Å². The van der Waals surface area contributed by atoms with E-state index in [9.17, 15) is 13.2 Å². The Morgan fingerprint density at radius 1 is 1.00 bits per heavy atom. The fourth-order valence-electron chi connectivity index (χ4n) is 2.53. The molecule has 1 unspecified atom stereocenters. The molecule has 140 valence electrons. The minimum atomic E-state index is -3.68. The topological polar surface area (TPSA) is 69.7 Å². The van der Waals surface area contributed by atoms with Gasteiger partial charge in [-0.15, -0.1) is 0 Å². The summed E-state index contributed by atoms with van der Waals surface area (Å²) in [7, 11) is 2.80. The van der Waals surface area contributed by atoms with E-state index in [4.69, 9.17) is 0 Å². The number of anilines is 1. The SMILES string of the molecule is CC(NC(=O)c1ccc(N(C)C)c(S(=O)(=O)N(C)C)c1)c1ccccc1. The Morgan fingerprint density at radius 3 is 2.15 bits per heavy atom. The van der Waals surface area contributed by atoms with Crippen molar-refractivity contribution in [1.82, 2.24) is 9.62 Å². The minimum Gasteiger partial charge on any atom is -0.377 e. The molecule has 0 aliphatic heterocycles. The number of hydrogen-bond acceptors (Lipinski definition) is 4. The number of amides is 1. The second-order valence-electron chi connectivity index (χ2n) is 6.47. The van der Waals surface area contributed by atoms with Crippen molar-refractivity contribution in [3.63, 3.8) is 0 Å².